The summed E-state index contributed by atoms with van der Waals surface area (Å²) < 4.78 is 11.4. The third kappa shape index (κ3) is 5.46. The molecule has 1 atom stereocenters. The number of carbonyl (C=O) groups is 2. The first-order chi connectivity index (χ1) is 16.8. The molecule has 1 aliphatic heterocycles. The molecule has 1 saturated heterocycles. The number of rotatable bonds is 9. The zero-order valence-corrected chi connectivity index (χ0v) is 20.2. The van der Waals surface area contributed by atoms with Crippen molar-refractivity contribution >= 4 is 17.4 Å². The lowest BCUT2D eigenvalue weighted by Crippen LogP contribution is -2.32. The second kappa shape index (κ2) is 10.6. The number of furan rings is 1. The smallest absolute Gasteiger partial charge is 0.295 e. The van der Waals surface area contributed by atoms with Crippen LogP contribution in [0.2, 0.25) is 0 Å². The Bertz CT molecular complexity index is 1210. The van der Waals surface area contributed by atoms with Gasteiger partial charge in [-0.25, -0.2) is 0 Å². The molecule has 2 heterocycles. The highest BCUT2D eigenvalue weighted by molar-refractivity contribution is 6.46. The number of aliphatic hydroxyl groups is 1. The Kier molecular flexibility index (Phi) is 7.36. The predicted octanol–water partition coefficient (Wildman–Crippen LogP) is 4.54. The minimum Gasteiger partial charge on any atom is -0.507 e. The molecule has 7 heteroatoms. The highest BCUT2D eigenvalue weighted by Crippen LogP contribution is 2.39. The number of amides is 1. The molecule has 0 radical (unpaired) electrons. The number of hydrogen-bond acceptors (Lipinski definition) is 6. The van der Waals surface area contributed by atoms with E-state index in [2.05, 4.69) is 6.07 Å². The van der Waals surface area contributed by atoms with Gasteiger partial charge < -0.3 is 24.1 Å². The van der Waals surface area contributed by atoms with Gasteiger partial charge in [-0.3, -0.25) is 9.59 Å². The highest BCUT2D eigenvalue weighted by atomic mass is 16.5. The molecule has 0 aliphatic carbocycles. The molecule has 2 aromatic carbocycles. The second-order valence-electron chi connectivity index (χ2n) is 8.97. The first-order valence-corrected chi connectivity index (χ1v) is 11.6. The molecule has 7 nitrogen and oxygen atoms in total. The Labute approximate surface area is 205 Å². The maximum absolute atomic E-state index is 13.0. The number of hydrogen-bond donors (Lipinski definition) is 1. The van der Waals surface area contributed by atoms with Crippen molar-refractivity contribution < 1.29 is 23.8 Å². The first kappa shape index (κ1) is 24.3. The summed E-state index contributed by atoms with van der Waals surface area (Å²) in [4.78, 5) is 29.4. The lowest BCUT2D eigenvalue weighted by Gasteiger charge is -2.24. The van der Waals surface area contributed by atoms with Crippen LogP contribution >= 0.6 is 0 Å². The fourth-order valence-corrected chi connectivity index (χ4v) is 4.24. The van der Waals surface area contributed by atoms with Gasteiger partial charge in [0.1, 0.15) is 29.9 Å². The zero-order chi connectivity index (χ0) is 24.9. The Hall–Kier alpha value is -3.84. The lowest BCUT2D eigenvalue weighted by molar-refractivity contribution is -0.140. The van der Waals surface area contributed by atoms with E-state index in [4.69, 9.17) is 9.15 Å². The molecule has 1 aromatic heterocycles. The number of ether oxygens (including phenoxy) is 1. The Morgan fingerprint density at radius 3 is 2.51 bits per heavy atom. The summed E-state index contributed by atoms with van der Waals surface area (Å²) in [5.74, 6) is -0.507. The van der Waals surface area contributed by atoms with Crippen molar-refractivity contribution in [3.8, 4) is 5.75 Å². The lowest BCUT2D eigenvalue weighted by atomic mass is 9.99. The molecule has 182 valence electrons. The van der Waals surface area contributed by atoms with Crippen LogP contribution in [0, 0.1) is 6.92 Å². The van der Waals surface area contributed by atoms with Crippen molar-refractivity contribution in [1.82, 2.24) is 9.80 Å². The molecule has 35 heavy (non-hydrogen) atoms. The zero-order valence-electron chi connectivity index (χ0n) is 20.2. The van der Waals surface area contributed by atoms with Crippen LogP contribution in [0.25, 0.3) is 5.76 Å². The van der Waals surface area contributed by atoms with Crippen LogP contribution in [0.4, 0.5) is 0 Å². The van der Waals surface area contributed by atoms with Gasteiger partial charge in [0.25, 0.3) is 11.7 Å². The van der Waals surface area contributed by atoms with E-state index >= 15 is 0 Å². The number of Topliss-reactive ketones (excluding diaryl/α,β-unsaturated/α-hetero) is 1. The number of likely N-dealkylation sites (tertiary alicyclic amines) is 1. The van der Waals surface area contributed by atoms with Crippen molar-refractivity contribution in [2.75, 3.05) is 27.2 Å². The number of aryl methyl sites for hydroxylation is 1. The van der Waals surface area contributed by atoms with Gasteiger partial charge in [0.2, 0.25) is 0 Å². The largest absolute Gasteiger partial charge is 0.507 e. The second-order valence-corrected chi connectivity index (χ2v) is 8.97. The first-order valence-electron chi connectivity index (χ1n) is 11.6. The third-order valence-corrected chi connectivity index (χ3v) is 5.97. The van der Waals surface area contributed by atoms with E-state index in [1.54, 1.807) is 36.4 Å². The monoisotopic (exact) mass is 474 g/mol. The summed E-state index contributed by atoms with van der Waals surface area (Å²) in [6.45, 7) is 3.58. The Morgan fingerprint density at radius 1 is 1.09 bits per heavy atom. The standard InChI is InChI=1S/C28H30N2O5/c1-19-7-4-8-20(17-19)18-35-22-12-10-21(11-13-22)26(31)24-25(23-9-5-16-34-23)30(28(33)27(24)32)15-6-14-29(2)3/h4-5,7-13,16-17,25,31H,6,14-15,18H2,1-3H3/t25-/m1/s1. The van der Waals surface area contributed by atoms with E-state index < -0.39 is 17.7 Å². The van der Waals surface area contributed by atoms with Crippen molar-refractivity contribution in [3.63, 3.8) is 0 Å². The van der Waals surface area contributed by atoms with Crippen molar-refractivity contribution in [2.24, 2.45) is 0 Å². The summed E-state index contributed by atoms with van der Waals surface area (Å²) in [6.07, 6.45) is 2.18. The van der Waals surface area contributed by atoms with Gasteiger partial charge in [-0.05, 0) is 75.9 Å². The molecule has 1 N–H and O–H groups in total. The minimum atomic E-state index is -0.774. The highest BCUT2D eigenvalue weighted by Gasteiger charge is 2.47. The summed E-state index contributed by atoms with van der Waals surface area (Å²) in [5, 5.41) is 11.1. The van der Waals surface area contributed by atoms with Crippen molar-refractivity contribution in [1.29, 1.82) is 0 Å². The van der Waals surface area contributed by atoms with Crippen LogP contribution < -0.4 is 4.74 Å². The van der Waals surface area contributed by atoms with Gasteiger partial charge in [-0.15, -0.1) is 0 Å². The number of carbonyl (C=O) groups excluding carboxylic acids is 2. The molecule has 1 amide bonds. The predicted molar refractivity (Wildman–Crippen MR) is 133 cm³/mol. The molecule has 0 spiro atoms. The topological polar surface area (TPSA) is 83.2 Å². The van der Waals surface area contributed by atoms with Crippen LogP contribution in [0.1, 0.15) is 34.9 Å². The summed E-state index contributed by atoms with van der Waals surface area (Å²) in [7, 11) is 3.90. The van der Waals surface area contributed by atoms with Gasteiger partial charge >= 0.3 is 0 Å². The molecule has 0 unspecified atom stereocenters. The maximum Gasteiger partial charge on any atom is 0.295 e. The van der Waals surface area contributed by atoms with E-state index in [-0.39, 0.29) is 11.3 Å². The molecule has 3 aromatic rings. The summed E-state index contributed by atoms with van der Waals surface area (Å²) in [6, 6.07) is 17.6. The normalized spacial score (nSPS) is 17.4. The minimum absolute atomic E-state index is 0.0308. The van der Waals surface area contributed by atoms with Gasteiger partial charge in [0.05, 0.1) is 11.8 Å². The molecule has 1 fully saturated rings. The number of aliphatic hydroxyl groups excluding tert-OH is 1. The fourth-order valence-electron chi connectivity index (χ4n) is 4.24. The molecule has 1 aliphatic rings. The number of ketones is 1. The van der Waals surface area contributed by atoms with Crippen LogP contribution in [0.5, 0.6) is 5.75 Å². The number of benzene rings is 2. The van der Waals surface area contributed by atoms with Gasteiger partial charge in [0.15, 0.2) is 0 Å². The van der Waals surface area contributed by atoms with Crippen LogP contribution in [0.3, 0.4) is 0 Å². The SMILES string of the molecule is Cc1cccc(COc2ccc(C(O)=C3C(=O)C(=O)N(CCCN(C)C)[C@@H]3c3ccco3)cc2)c1. The quantitative estimate of drug-likeness (QED) is 0.279. The summed E-state index contributed by atoms with van der Waals surface area (Å²) in [5.41, 5.74) is 2.68. The Morgan fingerprint density at radius 2 is 1.86 bits per heavy atom. The van der Waals surface area contributed by atoms with Crippen LogP contribution in [0.15, 0.2) is 76.9 Å². The van der Waals surface area contributed by atoms with Crippen molar-refractivity contribution in [2.45, 2.75) is 26.0 Å². The summed E-state index contributed by atoms with van der Waals surface area (Å²) >= 11 is 0. The van der Waals surface area contributed by atoms with Gasteiger partial charge in [0, 0.05) is 12.1 Å². The van der Waals surface area contributed by atoms with Crippen molar-refractivity contribution in [3.05, 3.63) is 95.0 Å². The fraction of sp³-hybridized carbons (Fsp3) is 0.286. The van der Waals surface area contributed by atoms with E-state index in [9.17, 15) is 14.7 Å². The average molecular weight is 475 g/mol. The maximum atomic E-state index is 13.0. The van der Waals surface area contributed by atoms with E-state index in [1.165, 1.54) is 11.2 Å². The third-order valence-electron chi connectivity index (χ3n) is 5.97. The average Bonchev–Trinajstić information content (AvgIpc) is 3.45. The van der Waals surface area contributed by atoms with Gasteiger partial charge in [-0.1, -0.05) is 29.8 Å². The van der Waals surface area contributed by atoms with Gasteiger partial charge in [-0.2, -0.15) is 0 Å². The number of nitrogens with zero attached hydrogens (tertiary/aromatic N) is 2. The van der Waals surface area contributed by atoms with E-state index in [1.807, 2.05) is 44.1 Å². The molecular formula is C28H30N2O5. The van der Waals surface area contributed by atoms with Crippen LogP contribution in [-0.4, -0.2) is 53.8 Å². The Balaban J connectivity index is 1.58. The molecular weight excluding hydrogens is 444 g/mol. The molecule has 4 rings (SSSR count). The van der Waals surface area contributed by atoms with E-state index in [0.717, 1.165) is 17.7 Å². The molecule has 0 bridgehead atoms. The van der Waals surface area contributed by atoms with Crippen LogP contribution in [-0.2, 0) is 16.2 Å². The van der Waals surface area contributed by atoms with E-state index in [0.29, 0.717) is 36.6 Å². The molecule has 0 saturated carbocycles.